The first-order chi connectivity index (χ1) is 11.2. The highest BCUT2D eigenvalue weighted by molar-refractivity contribution is 5.91. The van der Waals surface area contributed by atoms with Gasteiger partial charge in [0.1, 0.15) is 5.75 Å². The molecular formula is C18H14N2O3. The van der Waals surface area contributed by atoms with Crippen LogP contribution >= 0.6 is 0 Å². The van der Waals surface area contributed by atoms with Crippen molar-refractivity contribution < 1.29 is 9.53 Å². The van der Waals surface area contributed by atoms with Crippen LogP contribution in [0.15, 0.2) is 53.6 Å². The van der Waals surface area contributed by atoms with Gasteiger partial charge in [-0.15, -0.1) is 0 Å². The van der Waals surface area contributed by atoms with Crippen molar-refractivity contribution in [1.29, 1.82) is 0 Å². The normalized spacial score (nSPS) is 16.9. The standard InChI is InChI=1S/C18H14N2O3/c1-20-14-7-3-2-6-12(14)17-16(18(20)22)13(9-15(21)23-17)11-5-4-8-19-10-11/h2-8,10,13H,9H2,1H3/t13-/m0/s1. The quantitative estimate of drug-likeness (QED) is 0.648. The van der Waals surface area contributed by atoms with E-state index in [1.807, 2.05) is 30.3 Å². The third kappa shape index (κ3) is 2.04. The number of carbonyl (C=O) groups is 1. The summed E-state index contributed by atoms with van der Waals surface area (Å²) in [4.78, 5) is 29.1. The van der Waals surface area contributed by atoms with Gasteiger partial charge in [-0.3, -0.25) is 14.6 Å². The van der Waals surface area contributed by atoms with Crippen LogP contribution in [0.5, 0.6) is 5.75 Å². The average Bonchev–Trinajstić information content (AvgIpc) is 2.59. The summed E-state index contributed by atoms with van der Waals surface area (Å²) in [5, 5.41) is 0.770. The summed E-state index contributed by atoms with van der Waals surface area (Å²) in [5.74, 6) is -0.276. The molecule has 0 bridgehead atoms. The Balaban J connectivity index is 2.08. The Labute approximate surface area is 132 Å². The molecule has 4 rings (SSSR count). The zero-order valence-electron chi connectivity index (χ0n) is 12.5. The Bertz CT molecular complexity index is 977. The van der Waals surface area contributed by atoms with E-state index in [0.29, 0.717) is 11.3 Å². The molecular weight excluding hydrogens is 292 g/mol. The summed E-state index contributed by atoms with van der Waals surface area (Å²) in [5.41, 5.74) is 1.98. The van der Waals surface area contributed by atoms with Crippen molar-refractivity contribution in [3.63, 3.8) is 0 Å². The number of aromatic nitrogens is 2. The lowest BCUT2D eigenvalue weighted by Crippen LogP contribution is -2.31. The van der Waals surface area contributed by atoms with Gasteiger partial charge in [-0.2, -0.15) is 0 Å². The molecule has 5 nitrogen and oxygen atoms in total. The van der Waals surface area contributed by atoms with Crippen molar-refractivity contribution in [2.75, 3.05) is 0 Å². The predicted molar refractivity (Wildman–Crippen MR) is 85.5 cm³/mol. The molecule has 23 heavy (non-hydrogen) atoms. The van der Waals surface area contributed by atoms with Gasteiger partial charge in [-0.05, 0) is 23.8 Å². The van der Waals surface area contributed by atoms with Crippen LogP contribution in [0.3, 0.4) is 0 Å². The van der Waals surface area contributed by atoms with Crippen LogP contribution in [-0.2, 0) is 11.8 Å². The molecule has 5 heteroatoms. The number of rotatable bonds is 1. The zero-order chi connectivity index (χ0) is 16.0. The van der Waals surface area contributed by atoms with Gasteiger partial charge in [0.2, 0.25) is 0 Å². The van der Waals surface area contributed by atoms with Crippen LogP contribution in [0, 0.1) is 0 Å². The van der Waals surface area contributed by atoms with E-state index in [9.17, 15) is 9.59 Å². The number of para-hydroxylation sites is 1. The maximum atomic E-state index is 12.9. The highest BCUT2D eigenvalue weighted by Gasteiger charge is 2.33. The second-order valence-electron chi connectivity index (χ2n) is 5.64. The van der Waals surface area contributed by atoms with Crippen LogP contribution in [0.4, 0.5) is 0 Å². The van der Waals surface area contributed by atoms with Crippen LogP contribution in [-0.4, -0.2) is 15.5 Å². The Kier molecular flexibility index (Phi) is 3.01. The fraction of sp³-hybridized carbons (Fsp3) is 0.167. The van der Waals surface area contributed by atoms with Crippen molar-refractivity contribution >= 4 is 16.9 Å². The van der Waals surface area contributed by atoms with E-state index in [2.05, 4.69) is 4.98 Å². The van der Waals surface area contributed by atoms with E-state index in [4.69, 9.17) is 4.74 Å². The molecule has 0 aliphatic carbocycles. The third-order valence-corrected chi connectivity index (χ3v) is 4.31. The molecule has 0 unspecified atom stereocenters. The summed E-state index contributed by atoms with van der Waals surface area (Å²) in [7, 11) is 1.74. The maximum Gasteiger partial charge on any atom is 0.312 e. The zero-order valence-corrected chi connectivity index (χ0v) is 12.5. The summed E-state index contributed by atoms with van der Waals surface area (Å²) < 4.78 is 7.07. The number of pyridine rings is 2. The van der Waals surface area contributed by atoms with Crippen molar-refractivity contribution in [2.24, 2.45) is 7.05 Å². The van der Waals surface area contributed by atoms with Crippen molar-refractivity contribution in [1.82, 2.24) is 9.55 Å². The van der Waals surface area contributed by atoms with Crippen molar-refractivity contribution in [3.05, 3.63) is 70.3 Å². The molecule has 114 valence electrons. The van der Waals surface area contributed by atoms with Gasteiger partial charge >= 0.3 is 5.97 Å². The van der Waals surface area contributed by atoms with Gasteiger partial charge < -0.3 is 9.30 Å². The molecule has 0 N–H and O–H groups in total. The van der Waals surface area contributed by atoms with E-state index in [0.717, 1.165) is 16.5 Å². The minimum Gasteiger partial charge on any atom is -0.425 e. The third-order valence-electron chi connectivity index (χ3n) is 4.31. The fourth-order valence-corrected chi connectivity index (χ4v) is 3.20. The molecule has 1 aliphatic heterocycles. The molecule has 1 atom stereocenters. The number of nitrogens with zero attached hydrogens (tertiary/aromatic N) is 2. The summed E-state index contributed by atoms with van der Waals surface area (Å²) in [6.07, 6.45) is 3.51. The van der Waals surface area contributed by atoms with Crippen molar-refractivity contribution in [2.45, 2.75) is 12.3 Å². The molecule has 1 aliphatic rings. The smallest absolute Gasteiger partial charge is 0.312 e. The molecule has 0 saturated carbocycles. The van der Waals surface area contributed by atoms with Crippen LogP contribution in [0.1, 0.15) is 23.5 Å². The van der Waals surface area contributed by atoms with E-state index in [-0.39, 0.29) is 23.9 Å². The predicted octanol–water partition coefficient (Wildman–Crippen LogP) is 2.37. The van der Waals surface area contributed by atoms with Gasteiger partial charge in [0, 0.05) is 30.7 Å². The highest BCUT2D eigenvalue weighted by atomic mass is 16.5. The lowest BCUT2D eigenvalue weighted by Gasteiger charge is -2.26. The molecule has 0 amide bonds. The molecule has 0 fully saturated rings. The summed E-state index contributed by atoms with van der Waals surface area (Å²) in [6.45, 7) is 0. The largest absolute Gasteiger partial charge is 0.425 e. The molecule has 1 aromatic carbocycles. The topological polar surface area (TPSA) is 61.2 Å². The molecule has 0 radical (unpaired) electrons. The first-order valence-corrected chi connectivity index (χ1v) is 7.39. The number of benzene rings is 1. The Morgan fingerprint density at radius 2 is 2.00 bits per heavy atom. The monoisotopic (exact) mass is 306 g/mol. The van der Waals surface area contributed by atoms with Crippen molar-refractivity contribution in [3.8, 4) is 5.75 Å². The second-order valence-corrected chi connectivity index (χ2v) is 5.64. The van der Waals surface area contributed by atoms with Gasteiger partial charge in [-0.25, -0.2) is 0 Å². The SMILES string of the molecule is Cn1c(=O)c2c(c3ccccc31)OC(=O)C[C@H]2c1cccnc1. The Hall–Kier alpha value is -2.95. The number of ether oxygens (including phenoxy) is 1. The van der Waals surface area contributed by atoms with Gasteiger partial charge in [0.15, 0.2) is 0 Å². The van der Waals surface area contributed by atoms with Crippen LogP contribution < -0.4 is 10.3 Å². The summed E-state index contributed by atoms with van der Waals surface area (Å²) in [6, 6.07) is 11.1. The number of fused-ring (bicyclic) bond motifs is 3. The van der Waals surface area contributed by atoms with Gasteiger partial charge in [0.25, 0.3) is 5.56 Å². The minimum absolute atomic E-state index is 0.139. The fourth-order valence-electron chi connectivity index (χ4n) is 3.20. The van der Waals surface area contributed by atoms with Crippen LogP contribution in [0.25, 0.3) is 10.9 Å². The number of hydrogen-bond acceptors (Lipinski definition) is 4. The number of aryl methyl sites for hydroxylation is 1. The van der Waals surface area contributed by atoms with E-state index in [1.54, 1.807) is 30.1 Å². The molecule has 0 spiro atoms. The molecule has 2 aromatic heterocycles. The first kappa shape index (κ1) is 13.7. The van der Waals surface area contributed by atoms with E-state index >= 15 is 0 Å². The van der Waals surface area contributed by atoms with E-state index < -0.39 is 0 Å². The second kappa shape index (κ2) is 5.05. The van der Waals surface area contributed by atoms with Gasteiger partial charge in [-0.1, -0.05) is 18.2 Å². The maximum absolute atomic E-state index is 12.9. The molecule has 3 heterocycles. The lowest BCUT2D eigenvalue weighted by atomic mass is 9.87. The molecule has 0 saturated heterocycles. The number of carbonyl (C=O) groups excluding carboxylic acids is 1. The van der Waals surface area contributed by atoms with Crippen LogP contribution in [0.2, 0.25) is 0 Å². The number of esters is 1. The Morgan fingerprint density at radius 1 is 1.17 bits per heavy atom. The Morgan fingerprint density at radius 3 is 2.78 bits per heavy atom. The van der Waals surface area contributed by atoms with E-state index in [1.165, 1.54) is 0 Å². The number of hydrogen-bond donors (Lipinski definition) is 0. The average molecular weight is 306 g/mol. The molecule has 3 aromatic rings. The van der Waals surface area contributed by atoms with Gasteiger partial charge in [0.05, 0.1) is 17.5 Å². The minimum atomic E-state index is -0.330. The highest BCUT2D eigenvalue weighted by Crippen LogP contribution is 2.40. The first-order valence-electron chi connectivity index (χ1n) is 7.39. The summed E-state index contributed by atoms with van der Waals surface area (Å²) >= 11 is 0. The lowest BCUT2D eigenvalue weighted by molar-refractivity contribution is -0.135.